The number of amides is 1. The van der Waals surface area contributed by atoms with E-state index >= 15 is 0 Å². The molecule has 2 heterocycles. The first kappa shape index (κ1) is 12.8. The predicted molar refractivity (Wildman–Crippen MR) is 78.3 cm³/mol. The summed E-state index contributed by atoms with van der Waals surface area (Å²) in [5.74, 6) is 0.376. The third-order valence-corrected chi connectivity index (χ3v) is 4.23. The minimum absolute atomic E-state index is 0.152. The van der Waals surface area contributed by atoms with Gasteiger partial charge in [0.05, 0.1) is 15.9 Å². The van der Waals surface area contributed by atoms with Crippen molar-refractivity contribution in [1.29, 1.82) is 0 Å². The summed E-state index contributed by atoms with van der Waals surface area (Å²) >= 11 is 1.49. The van der Waals surface area contributed by atoms with Gasteiger partial charge in [0, 0.05) is 7.05 Å². The van der Waals surface area contributed by atoms with Gasteiger partial charge in [0.2, 0.25) is 0 Å². The van der Waals surface area contributed by atoms with E-state index < -0.39 is 0 Å². The fraction of sp³-hybridized carbons (Fsp3) is 0.214. The van der Waals surface area contributed by atoms with E-state index in [4.69, 9.17) is 4.52 Å². The average molecular weight is 287 g/mol. The topological polar surface area (TPSA) is 59.2 Å². The molecule has 0 bridgehead atoms. The van der Waals surface area contributed by atoms with Crippen LogP contribution in [-0.4, -0.2) is 23.1 Å². The first-order valence-electron chi connectivity index (χ1n) is 6.14. The molecule has 102 valence electrons. The minimum Gasteiger partial charge on any atom is -0.361 e. The van der Waals surface area contributed by atoms with Crippen LogP contribution in [0.1, 0.15) is 21.8 Å². The quantitative estimate of drug-likeness (QED) is 0.726. The molecule has 0 saturated carbocycles. The first-order chi connectivity index (χ1) is 9.58. The van der Waals surface area contributed by atoms with Gasteiger partial charge in [-0.15, -0.1) is 0 Å². The molecule has 0 aliphatic carbocycles. The Balaban J connectivity index is 1.99. The number of thiazole rings is 1. The molecule has 6 heteroatoms. The Hall–Kier alpha value is -2.21. The standard InChI is InChI=1S/C14H13N3O2S/c1-8-12(9(2)19-16-8)13(18)17(3)14-15-10-6-4-5-7-11(10)20-14/h4-7H,1-3H3. The third kappa shape index (κ3) is 1.98. The zero-order chi connectivity index (χ0) is 14.3. The van der Waals surface area contributed by atoms with Crippen LogP contribution in [0.25, 0.3) is 10.2 Å². The largest absolute Gasteiger partial charge is 0.361 e. The van der Waals surface area contributed by atoms with Crippen LogP contribution in [0.2, 0.25) is 0 Å². The molecule has 0 spiro atoms. The molecule has 0 saturated heterocycles. The van der Waals surface area contributed by atoms with Crippen LogP contribution in [0.5, 0.6) is 0 Å². The molecule has 3 rings (SSSR count). The van der Waals surface area contributed by atoms with Gasteiger partial charge in [0.25, 0.3) is 5.91 Å². The molecule has 1 aromatic carbocycles. The molecule has 0 atom stereocenters. The highest BCUT2D eigenvalue weighted by atomic mass is 32.1. The zero-order valence-electron chi connectivity index (χ0n) is 11.4. The van der Waals surface area contributed by atoms with E-state index in [0.29, 0.717) is 22.1 Å². The van der Waals surface area contributed by atoms with Crippen molar-refractivity contribution in [1.82, 2.24) is 10.1 Å². The Kier molecular flexibility index (Phi) is 3.02. The van der Waals surface area contributed by atoms with Crippen LogP contribution >= 0.6 is 11.3 Å². The Bertz CT molecular complexity index is 738. The van der Waals surface area contributed by atoms with Gasteiger partial charge >= 0.3 is 0 Å². The lowest BCUT2D eigenvalue weighted by molar-refractivity contribution is 0.0991. The molecule has 0 aliphatic rings. The smallest absolute Gasteiger partial charge is 0.265 e. The molecule has 0 aliphatic heterocycles. The first-order valence-corrected chi connectivity index (χ1v) is 6.96. The number of para-hydroxylation sites is 1. The Labute approximate surface area is 119 Å². The molecule has 1 amide bonds. The highest BCUT2D eigenvalue weighted by Crippen LogP contribution is 2.29. The van der Waals surface area contributed by atoms with Gasteiger partial charge < -0.3 is 4.52 Å². The molecule has 0 radical (unpaired) electrons. The molecule has 5 nitrogen and oxygen atoms in total. The van der Waals surface area contributed by atoms with E-state index in [1.807, 2.05) is 24.3 Å². The number of rotatable bonds is 2. The molecule has 3 aromatic rings. The summed E-state index contributed by atoms with van der Waals surface area (Å²) in [7, 11) is 1.71. The maximum Gasteiger partial charge on any atom is 0.265 e. The monoisotopic (exact) mass is 287 g/mol. The van der Waals surface area contributed by atoms with Crippen molar-refractivity contribution in [3.05, 3.63) is 41.3 Å². The maximum absolute atomic E-state index is 12.5. The van der Waals surface area contributed by atoms with E-state index in [1.54, 1.807) is 20.9 Å². The van der Waals surface area contributed by atoms with E-state index in [2.05, 4.69) is 10.1 Å². The third-order valence-electron chi connectivity index (χ3n) is 3.12. The van der Waals surface area contributed by atoms with Crippen LogP contribution in [0, 0.1) is 13.8 Å². The van der Waals surface area contributed by atoms with Crippen molar-refractivity contribution in [2.24, 2.45) is 0 Å². The van der Waals surface area contributed by atoms with Crippen molar-refractivity contribution < 1.29 is 9.32 Å². The Morgan fingerprint density at radius 2 is 2.05 bits per heavy atom. The molecular formula is C14H13N3O2S. The van der Waals surface area contributed by atoms with E-state index in [1.165, 1.54) is 16.2 Å². The van der Waals surface area contributed by atoms with Crippen LogP contribution in [0.15, 0.2) is 28.8 Å². The Morgan fingerprint density at radius 3 is 2.70 bits per heavy atom. The molecule has 2 aromatic heterocycles. The lowest BCUT2D eigenvalue weighted by Crippen LogP contribution is -2.26. The molecule has 0 fully saturated rings. The number of hydrogen-bond donors (Lipinski definition) is 0. The summed E-state index contributed by atoms with van der Waals surface area (Å²) in [6.45, 7) is 3.50. The summed E-state index contributed by atoms with van der Waals surface area (Å²) in [5, 5.41) is 4.48. The minimum atomic E-state index is -0.152. The number of aryl methyl sites for hydroxylation is 2. The van der Waals surface area contributed by atoms with Crippen LogP contribution in [-0.2, 0) is 0 Å². The van der Waals surface area contributed by atoms with Crippen molar-refractivity contribution in [2.45, 2.75) is 13.8 Å². The highest BCUT2D eigenvalue weighted by Gasteiger charge is 2.23. The van der Waals surface area contributed by atoms with Crippen LogP contribution < -0.4 is 4.90 Å². The maximum atomic E-state index is 12.5. The number of aromatic nitrogens is 2. The summed E-state index contributed by atoms with van der Waals surface area (Å²) in [6, 6.07) is 7.82. The number of nitrogens with zero attached hydrogens (tertiary/aromatic N) is 3. The van der Waals surface area contributed by atoms with Crippen molar-refractivity contribution in [3.8, 4) is 0 Å². The fourth-order valence-electron chi connectivity index (χ4n) is 2.05. The molecule has 0 N–H and O–H groups in total. The normalized spacial score (nSPS) is 10.9. The number of carbonyl (C=O) groups is 1. The summed E-state index contributed by atoms with van der Waals surface area (Å²) in [5.41, 5.74) is 2.00. The average Bonchev–Trinajstić information content (AvgIpc) is 3.01. The lowest BCUT2D eigenvalue weighted by Gasteiger charge is -2.12. The summed E-state index contributed by atoms with van der Waals surface area (Å²) in [4.78, 5) is 18.5. The van der Waals surface area contributed by atoms with Crippen molar-refractivity contribution >= 4 is 32.6 Å². The second-order valence-corrected chi connectivity index (χ2v) is 5.54. The number of anilines is 1. The number of carbonyl (C=O) groups excluding carboxylic acids is 1. The highest BCUT2D eigenvalue weighted by molar-refractivity contribution is 7.22. The Morgan fingerprint density at radius 1 is 1.30 bits per heavy atom. The van der Waals surface area contributed by atoms with Gasteiger partial charge in [-0.3, -0.25) is 9.69 Å². The summed E-state index contributed by atoms with van der Waals surface area (Å²) in [6.07, 6.45) is 0. The fourth-order valence-corrected chi connectivity index (χ4v) is 2.97. The van der Waals surface area contributed by atoms with Gasteiger partial charge in [0.1, 0.15) is 11.3 Å². The zero-order valence-corrected chi connectivity index (χ0v) is 12.2. The summed E-state index contributed by atoms with van der Waals surface area (Å²) < 4.78 is 6.10. The van der Waals surface area contributed by atoms with E-state index in [0.717, 1.165) is 10.2 Å². The van der Waals surface area contributed by atoms with Crippen molar-refractivity contribution in [3.63, 3.8) is 0 Å². The molecule has 0 unspecified atom stereocenters. The van der Waals surface area contributed by atoms with Gasteiger partial charge in [-0.05, 0) is 26.0 Å². The molecular weight excluding hydrogens is 274 g/mol. The molecule has 20 heavy (non-hydrogen) atoms. The lowest BCUT2D eigenvalue weighted by atomic mass is 10.2. The van der Waals surface area contributed by atoms with Gasteiger partial charge in [-0.25, -0.2) is 4.98 Å². The van der Waals surface area contributed by atoms with Gasteiger partial charge in [0.15, 0.2) is 5.13 Å². The van der Waals surface area contributed by atoms with E-state index in [9.17, 15) is 4.79 Å². The SMILES string of the molecule is Cc1noc(C)c1C(=O)N(C)c1nc2ccccc2s1. The number of benzene rings is 1. The van der Waals surface area contributed by atoms with Crippen LogP contribution in [0.4, 0.5) is 5.13 Å². The van der Waals surface area contributed by atoms with Gasteiger partial charge in [-0.2, -0.15) is 0 Å². The van der Waals surface area contributed by atoms with Gasteiger partial charge in [-0.1, -0.05) is 28.6 Å². The second kappa shape index (κ2) is 4.72. The predicted octanol–water partition coefficient (Wildman–Crippen LogP) is 3.18. The van der Waals surface area contributed by atoms with Crippen LogP contribution in [0.3, 0.4) is 0 Å². The second-order valence-electron chi connectivity index (χ2n) is 4.53. The van der Waals surface area contributed by atoms with Crippen molar-refractivity contribution in [2.75, 3.05) is 11.9 Å². The number of hydrogen-bond acceptors (Lipinski definition) is 5. The number of fused-ring (bicyclic) bond motifs is 1. The van der Waals surface area contributed by atoms with E-state index in [-0.39, 0.29) is 5.91 Å².